The third-order valence-corrected chi connectivity index (χ3v) is 1.86. The average Bonchev–Trinajstić information content (AvgIpc) is 2.66. The van der Waals surface area contributed by atoms with Gasteiger partial charge in [0.15, 0.2) is 0 Å². The minimum Gasteiger partial charge on any atom is -0.443 e. The largest absolute Gasteiger partial charge is 0.547 e. The molecule has 12 heavy (non-hydrogen) atoms. The van der Waals surface area contributed by atoms with Gasteiger partial charge in [-0.15, -0.1) is 0 Å². The highest BCUT2D eigenvalue weighted by atomic mass is 19.4. The Morgan fingerprint density at radius 2 is 2.08 bits per heavy atom. The van der Waals surface area contributed by atoms with Gasteiger partial charge >= 0.3 is 6.98 Å². The molecule has 0 saturated heterocycles. The molecular weight excluding hydrogens is 170 g/mol. The van der Waals surface area contributed by atoms with E-state index in [1.807, 2.05) is 0 Å². The second-order valence-electron chi connectivity index (χ2n) is 3.00. The van der Waals surface area contributed by atoms with Crippen molar-refractivity contribution in [3.8, 4) is 0 Å². The monoisotopic (exact) mass is 176 g/mol. The number of nitrogens with zero attached hydrogens (tertiary/aromatic N) is 1. The van der Waals surface area contributed by atoms with Crippen LogP contribution in [0.1, 0.15) is 24.5 Å². The van der Waals surface area contributed by atoms with E-state index in [0.29, 0.717) is 5.69 Å². The first-order valence-electron chi connectivity index (χ1n) is 3.74. The van der Waals surface area contributed by atoms with Crippen molar-refractivity contribution < 1.29 is 17.5 Å². The summed E-state index contributed by atoms with van der Waals surface area (Å²) in [5, 5.41) is 3.37. The lowest BCUT2D eigenvalue weighted by molar-refractivity contribution is 0.399. The summed E-state index contributed by atoms with van der Waals surface area (Å²) in [6.07, 6.45) is 1.85. The summed E-state index contributed by atoms with van der Waals surface area (Å²) in [4.78, 5) is 0. The lowest BCUT2D eigenvalue weighted by Crippen LogP contribution is -2.32. The lowest BCUT2D eigenvalue weighted by atomic mass is 9.87. The van der Waals surface area contributed by atoms with Crippen molar-refractivity contribution >= 4 is 12.6 Å². The van der Waals surface area contributed by atoms with Crippen LogP contribution in [-0.4, -0.2) is 12.1 Å². The molecule has 1 saturated carbocycles. The molecule has 0 atom stereocenters. The number of halogens is 3. The molecule has 0 N–H and O–H groups in total. The molecule has 6 heteroatoms. The highest BCUT2D eigenvalue weighted by Gasteiger charge is 2.34. The average molecular weight is 176 g/mol. The first-order valence-corrected chi connectivity index (χ1v) is 3.74. The molecule has 0 aromatic carbocycles. The van der Waals surface area contributed by atoms with E-state index in [1.165, 1.54) is 0 Å². The van der Waals surface area contributed by atoms with Crippen molar-refractivity contribution in [3.05, 3.63) is 11.8 Å². The maximum atomic E-state index is 12.0. The molecule has 2 rings (SSSR count). The van der Waals surface area contributed by atoms with E-state index < -0.39 is 12.6 Å². The highest BCUT2D eigenvalue weighted by Crippen LogP contribution is 2.38. The molecule has 0 aliphatic heterocycles. The molecule has 1 aromatic rings. The van der Waals surface area contributed by atoms with Gasteiger partial charge in [0.1, 0.15) is 0 Å². The molecule has 0 spiro atoms. The molecule has 0 unspecified atom stereocenters. The SMILES string of the molecule is F[B-](F)(F)c1cc(C2CC2)no1. The molecule has 2 nitrogen and oxygen atoms in total. The molecule has 0 bridgehead atoms. The van der Waals surface area contributed by atoms with E-state index in [-0.39, 0.29) is 5.92 Å². The van der Waals surface area contributed by atoms with Gasteiger partial charge < -0.3 is 17.5 Å². The summed E-state index contributed by atoms with van der Waals surface area (Å²) in [6, 6.07) is 1.01. The van der Waals surface area contributed by atoms with Crippen LogP contribution in [0, 0.1) is 0 Å². The standard InChI is InChI=1S/C6H6BF3NO/c8-7(9,10)6-3-5(11-12-6)4-1-2-4/h3-4H,1-2H2/q-1. The smallest absolute Gasteiger partial charge is 0.443 e. The summed E-state index contributed by atoms with van der Waals surface area (Å²) in [5.74, 6) is 0.209. The fourth-order valence-corrected chi connectivity index (χ4v) is 1.03. The van der Waals surface area contributed by atoms with Crippen LogP contribution in [0.4, 0.5) is 12.9 Å². The Morgan fingerprint density at radius 3 is 2.50 bits per heavy atom. The number of hydrogen-bond acceptors (Lipinski definition) is 2. The quantitative estimate of drug-likeness (QED) is 0.639. The Labute approximate surface area is 66.8 Å². The molecule has 1 aliphatic rings. The van der Waals surface area contributed by atoms with Gasteiger partial charge in [-0.25, -0.2) is 0 Å². The zero-order valence-electron chi connectivity index (χ0n) is 6.14. The normalized spacial score (nSPS) is 18.2. The van der Waals surface area contributed by atoms with Crippen LogP contribution >= 0.6 is 0 Å². The van der Waals surface area contributed by atoms with Crippen molar-refractivity contribution in [2.45, 2.75) is 18.8 Å². The Kier molecular flexibility index (Phi) is 1.46. The van der Waals surface area contributed by atoms with Gasteiger partial charge in [0, 0.05) is 5.92 Å². The Hall–Kier alpha value is -0.935. The van der Waals surface area contributed by atoms with E-state index in [0.717, 1.165) is 18.9 Å². The Morgan fingerprint density at radius 1 is 1.42 bits per heavy atom. The van der Waals surface area contributed by atoms with Gasteiger partial charge in [-0.3, -0.25) is 0 Å². The fourth-order valence-electron chi connectivity index (χ4n) is 1.03. The van der Waals surface area contributed by atoms with E-state index >= 15 is 0 Å². The van der Waals surface area contributed by atoms with E-state index in [1.54, 1.807) is 0 Å². The van der Waals surface area contributed by atoms with Gasteiger partial charge in [0.05, 0.1) is 11.4 Å². The van der Waals surface area contributed by atoms with Crippen LogP contribution in [-0.2, 0) is 0 Å². The Bertz CT molecular complexity index is 291. The summed E-state index contributed by atoms with van der Waals surface area (Å²) in [6.45, 7) is -5.01. The first kappa shape index (κ1) is 7.70. The van der Waals surface area contributed by atoms with Crippen LogP contribution in [0.15, 0.2) is 10.6 Å². The van der Waals surface area contributed by atoms with Crippen LogP contribution in [0.5, 0.6) is 0 Å². The van der Waals surface area contributed by atoms with Gasteiger partial charge in [-0.2, -0.15) is 0 Å². The summed E-state index contributed by atoms with van der Waals surface area (Å²) >= 11 is 0. The van der Waals surface area contributed by atoms with Crippen molar-refractivity contribution in [1.82, 2.24) is 5.16 Å². The van der Waals surface area contributed by atoms with Crippen molar-refractivity contribution in [1.29, 1.82) is 0 Å². The number of aromatic nitrogens is 1. The first-order chi connectivity index (χ1) is 5.57. The molecule has 1 aliphatic carbocycles. The predicted molar refractivity (Wildman–Crippen MR) is 37.2 cm³/mol. The van der Waals surface area contributed by atoms with Gasteiger partial charge in [0.25, 0.3) is 0 Å². The van der Waals surface area contributed by atoms with E-state index in [2.05, 4.69) is 9.68 Å². The van der Waals surface area contributed by atoms with Crippen LogP contribution in [0.3, 0.4) is 0 Å². The fraction of sp³-hybridized carbons (Fsp3) is 0.500. The zero-order chi connectivity index (χ0) is 8.77. The molecule has 1 fully saturated rings. The summed E-state index contributed by atoms with van der Waals surface area (Å²) in [5.41, 5.74) is -0.485. The van der Waals surface area contributed by atoms with Gasteiger partial charge in [-0.1, -0.05) is 5.16 Å². The molecule has 66 valence electrons. The predicted octanol–water partition coefficient (Wildman–Crippen LogP) is 1.61. The van der Waals surface area contributed by atoms with Crippen LogP contribution < -0.4 is 5.66 Å². The second kappa shape index (κ2) is 2.28. The lowest BCUT2D eigenvalue weighted by Gasteiger charge is -2.07. The molecule has 1 heterocycles. The van der Waals surface area contributed by atoms with Crippen LogP contribution in [0.2, 0.25) is 0 Å². The maximum absolute atomic E-state index is 12.0. The van der Waals surface area contributed by atoms with E-state index in [4.69, 9.17) is 0 Å². The minimum atomic E-state index is -5.01. The summed E-state index contributed by atoms with van der Waals surface area (Å²) in [7, 11) is 0. The molecule has 0 radical (unpaired) electrons. The second-order valence-corrected chi connectivity index (χ2v) is 3.00. The Balaban J connectivity index is 2.23. The van der Waals surface area contributed by atoms with Crippen molar-refractivity contribution in [3.63, 3.8) is 0 Å². The van der Waals surface area contributed by atoms with Crippen molar-refractivity contribution in [2.24, 2.45) is 0 Å². The molecule has 1 aromatic heterocycles. The zero-order valence-corrected chi connectivity index (χ0v) is 6.14. The molecule has 0 amide bonds. The third kappa shape index (κ3) is 1.33. The highest BCUT2D eigenvalue weighted by molar-refractivity contribution is 6.72. The summed E-state index contributed by atoms with van der Waals surface area (Å²) < 4.78 is 40.2. The molecular formula is C6H6BF3NO-. The van der Waals surface area contributed by atoms with Crippen molar-refractivity contribution in [2.75, 3.05) is 0 Å². The van der Waals surface area contributed by atoms with Crippen LogP contribution in [0.25, 0.3) is 0 Å². The number of hydrogen-bond donors (Lipinski definition) is 0. The maximum Gasteiger partial charge on any atom is 0.547 e. The number of rotatable bonds is 2. The topological polar surface area (TPSA) is 26.0 Å². The van der Waals surface area contributed by atoms with Gasteiger partial charge in [0.2, 0.25) is 0 Å². The van der Waals surface area contributed by atoms with Gasteiger partial charge in [-0.05, 0) is 18.9 Å². The third-order valence-electron chi connectivity index (χ3n) is 1.86. The minimum absolute atomic E-state index is 0.209. The van der Waals surface area contributed by atoms with E-state index in [9.17, 15) is 12.9 Å².